The van der Waals surface area contributed by atoms with Gasteiger partial charge in [-0.15, -0.1) is 11.3 Å². The van der Waals surface area contributed by atoms with Crippen molar-refractivity contribution in [3.05, 3.63) is 52.9 Å². The maximum atomic E-state index is 12.0. The van der Waals surface area contributed by atoms with Gasteiger partial charge in [0.05, 0.1) is 35.3 Å². The molecular formula is C15H14N4OS. The summed E-state index contributed by atoms with van der Waals surface area (Å²) in [4.78, 5) is 23.4. The van der Waals surface area contributed by atoms with E-state index < -0.39 is 0 Å². The van der Waals surface area contributed by atoms with Crippen LogP contribution in [-0.4, -0.2) is 20.9 Å². The molecule has 0 aliphatic carbocycles. The number of aryl methyl sites for hydroxylation is 1. The first-order valence-electron chi connectivity index (χ1n) is 6.50. The fraction of sp³-hybridized carbons (Fsp3) is 0.133. The Labute approximate surface area is 126 Å². The van der Waals surface area contributed by atoms with Crippen LogP contribution in [0, 0.1) is 6.92 Å². The number of imidazole rings is 1. The van der Waals surface area contributed by atoms with Gasteiger partial charge < -0.3 is 10.3 Å². The molecule has 0 fully saturated rings. The molecule has 0 atom stereocenters. The zero-order valence-electron chi connectivity index (χ0n) is 11.5. The van der Waals surface area contributed by atoms with Crippen LogP contribution >= 0.6 is 11.3 Å². The van der Waals surface area contributed by atoms with Crippen molar-refractivity contribution >= 4 is 22.9 Å². The lowest BCUT2D eigenvalue weighted by molar-refractivity contribution is -0.115. The first-order valence-corrected chi connectivity index (χ1v) is 7.38. The van der Waals surface area contributed by atoms with Crippen LogP contribution in [0.15, 0.2) is 42.2 Å². The molecule has 21 heavy (non-hydrogen) atoms. The van der Waals surface area contributed by atoms with Gasteiger partial charge in [0, 0.05) is 16.6 Å². The van der Waals surface area contributed by atoms with Gasteiger partial charge in [-0.25, -0.2) is 9.97 Å². The molecule has 1 amide bonds. The maximum absolute atomic E-state index is 12.0. The monoisotopic (exact) mass is 298 g/mol. The fourth-order valence-corrected chi connectivity index (χ4v) is 2.65. The lowest BCUT2D eigenvalue weighted by Crippen LogP contribution is -2.14. The Morgan fingerprint density at radius 1 is 1.43 bits per heavy atom. The average molecular weight is 298 g/mol. The lowest BCUT2D eigenvalue weighted by Gasteiger charge is -2.06. The Balaban J connectivity index is 1.70. The maximum Gasteiger partial charge on any atom is 0.230 e. The summed E-state index contributed by atoms with van der Waals surface area (Å²) in [7, 11) is 0. The van der Waals surface area contributed by atoms with Gasteiger partial charge in [-0.2, -0.15) is 0 Å². The number of nitrogens with one attached hydrogen (secondary N) is 2. The first-order chi connectivity index (χ1) is 10.2. The van der Waals surface area contributed by atoms with E-state index in [1.807, 2.05) is 36.6 Å². The third-order valence-corrected chi connectivity index (χ3v) is 3.79. The van der Waals surface area contributed by atoms with Crippen molar-refractivity contribution in [2.24, 2.45) is 0 Å². The van der Waals surface area contributed by atoms with Crippen molar-refractivity contribution in [2.45, 2.75) is 13.3 Å². The number of anilines is 1. The second-order valence-electron chi connectivity index (χ2n) is 4.63. The van der Waals surface area contributed by atoms with Crippen LogP contribution in [0.4, 0.5) is 5.69 Å². The SMILES string of the molecule is Cc1nc(CC(=O)Nc2cccc(-c3cnc[nH]3)c2)cs1. The normalized spacial score (nSPS) is 10.5. The molecule has 0 aliphatic heterocycles. The number of H-pyrrole nitrogens is 1. The average Bonchev–Trinajstić information content (AvgIpc) is 3.11. The van der Waals surface area contributed by atoms with Crippen LogP contribution in [0.5, 0.6) is 0 Å². The van der Waals surface area contributed by atoms with Crippen molar-refractivity contribution in [3.63, 3.8) is 0 Å². The van der Waals surface area contributed by atoms with E-state index >= 15 is 0 Å². The third-order valence-electron chi connectivity index (χ3n) is 2.96. The molecule has 2 N–H and O–H groups in total. The Hall–Kier alpha value is -2.47. The third kappa shape index (κ3) is 3.35. The fourth-order valence-electron chi connectivity index (χ4n) is 2.04. The van der Waals surface area contributed by atoms with Gasteiger partial charge in [0.2, 0.25) is 5.91 Å². The number of amides is 1. The Morgan fingerprint density at radius 3 is 3.05 bits per heavy atom. The van der Waals surface area contributed by atoms with Gasteiger partial charge in [-0.05, 0) is 19.1 Å². The first kappa shape index (κ1) is 13.5. The van der Waals surface area contributed by atoms with Crippen LogP contribution in [0.25, 0.3) is 11.3 Å². The molecule has 0 radical (unpaired) electrons. The molecule has 3 aromatic rings. The number of aromatic nitrogens is 3. The summed E-state index contributed by atoms with van der Waals surface area (Å²) in [5.41, 5.74) is 3.47. The number of carbonyl (C=O) groups is 1. The summed E-state index contributed by atoms with van der Waals surface area (Å²) >= 11 is 1.55. The largest absolute Gasteiger partial charge is 0.345 e. The van der Waals surface area contributed by atoms with Gasteiger partial charge in [0.15, 0.2) is 0 Å². The van der Waals surface area contributed by atoms with Crippen LogP contribution in [0.1, 0.15) is 10.7 Å². The minimum Gasteiger partial charge on any atom is -0.345 e. The number of thiazole rings is 1. The number of nitrogens with zero attached hydrogens (tertiary/aromatic N) is 2. The van der Waals surface area contributed by atoms with Crippen molar-refractivity contribution in [1.29, 1.82) is 0 Å². The van der Waals surface area contributed by atoms with E-state index in [4.69, 9.17) is 0 Å². The number of carbonyl (C=O) groups excluding carboxylic acids is 1. The molecule has 3 rings (SSSR count). The summed E-state index contributed by atoms with van der Waals surface area (Å²) in [5, 5.41) is 5.78. The van der Waals surface area contributed by atoms with Crippen LogP contribution in [0.3, 0.4) is 0 Å². The van der Waals surface area contributed by atoms with E-state index in [9.17, 15) is 4.79 Å². The molecule has 0 spiro atoms. The molecule has 6 heteroatoms. The molecule has 2 aromatic heterocycles. The van der Waals surface area contributed by atoms with Gasteiger partial charge in [-0.3, -0.25) is 4.79 Å². The second-order valence-corrected chi connectivity index (χ2v) is 5.69. The van der Waals surface area contributed by atoms with E-state index in [-0.39, 0.29) is 5.91 Å². The van der Waals surface area contributed by atoms with Crippen molar-refractivity contribution < 1.29 is 4.79 Å². The molecule has 0 aliphatic rings. The summed E-state index contributed by atoms with van der Waals surface area (Å²) in [6, 6.07) is 7.65. The molecule has 0 saturated carbocycles. The predicted molar refractivity (Wildman–Crippen MR) is 83.2 cm³/mol. The summed E-state index contributed by atoms with van der Waals surface area (Å²) in [6.07, 6.45) is 3.67. The highest BCUT2D eigenvalue weighted by atomic mass is 32.1. The number of hydrogen-bond donors (Lipinski definition) is 2. The number of hydrogen-bond acceptors (Lipinski definition) is 4. The minimum atomic E-state index is -0.0675. The minimum absolute atomic E-state index is 0.0675. The van der Waals surface area contributed by atoms with E-state index in [0.29, 0.717) is 6.42 Å². The molecule has 0 saturated heterocycles. The second kappa shape index (κ2) is 5.88. The van der Waals surface area contributed by atoms with E-state index in [1.165, 1.54) is 0 Å². The van der Waals surface area contributed by atoms with E-state index in [0.717, 1.165) is 27.6 Å². The van der Waals surface area contributed by atoms with Crippen LogP contribution in [-0.2, 0) is 11.2 Å². The number of aromatic amines is 1. The highest BCUT2D eigenvalue weighted by molar-refractivity contribution is 7.09. The smallest absolute Gasteiger partial charge is 0.230 e. The van der Waals surface area contributed by atoms with Crippen LogP contribution in [0.2, 0.25) is 0 Å². The molecule has 0 unspecified atom stereocenters. The number of rotatable bonds is 4. The Morgan fingerprint density at radius 2 is 2.33 bits per heavy atom. The molecule has 5 nitrogen and oxygen atoms in total. The Kier molecular flexibility index (Phi) is 3.79. The zero-order chi connectivity index (χ0) is 14.7. The van der Waals surface area contributed by atoms with Gasteiger partial charge in [0.1, 0.15) is 0 Å². The van der Waals surface area contributed by atoms with Crippen molar-refractivity contribution in [3.8, 4) is 11.3 Å². The zero-order valence-corrected chi connectivity index (χ0v) is 12.3. The quantitative estimate of drug-likeness (QED) is 0.777. The van der Waals surface area contributed by atoms with Crippen molar-refractivity contribution in [1.82, 2.24) is 15.0 Å². The Bertz CT molecular complexity index is 749. The number of benzene rings is 1. The highest BCUT2D eigenvalue weighted by Crippen LogP contribution is 2.20. The van der Waals surface area contributed by atoms with E-state index in [1.54, 1.807) is 23.9 Å². The van der Waals surface area contributed by atoms with Gasteiger partial charge >= 0.3 is 0 Å². The van der Waals surface area contributed by atoms with Crippen molar-refractivity contribution in [2.75, 3.05) is 5.32 Å². The summed E-state index contributed by atoms with van der Waals surface area (Å²) < 4.78 is 0. The molecule has 1 aromatic carbocycles. The standard InChI is InChI=1S/C15H14N4OS/c1-10-18-13(8-21-10)6-15(20)19-12-4-2-3-11(5-12)14-7-16-9-17-14/h2-5,7-9H,6H2,1H3,(H,16,17)(H,19,20). The molecular weight excluding hydrogens is 284 g/mol. The highest BCUT2D eigenvalue weighted by Gasteiger charge is 2.08. The lowest BCUT2D eigenvalue weighted by atomic mass is 10.1. The van der Waals surface area contributed by atoms with Gasteiger partial charge in [0.25, 0.3) is 0 Å². The van der Waals surface area contributed by atoms with Gasteiger partial charge in [-0.1, -0.05) is 12.1 Å². The predicted octanol–water partition coefficient (Wildman–Crippen LogP) is 3.02. The molecule has 106 valence electrons. The molecule has 2 heterocycles. The molecule has 0 bridgehead atoms. The van der Waals surface area contributed by atoms with E-state index in [2.05, 4.69) is 20.3 Å². The topological polar surface area (TPSA) is 70.7 Å². The van der Waals surface area contributed by atoms with Crippen LogP contribution < -0.4 is 5.32 Å². The summed E-state index contributed by atoms with van der Waals surface area (Å²) in [5.74, 6) is -0.0675. The summed E-state index contributed by atoms with van der Waals surface area (Å²) in [6.45, 7) is 1.93.